The highest BCUT2D eigenvalue weighted by molar-refractivity contribution is 7.10. The van der Waals surface area contributed by atoms with E-state index in [0.717, 1.165) is 36.9 Å². The molecule has 0 radical (unpaired) electrons. The monoisotopic (exact) mass is 256 g/mol. The number of nitrogens with one attached hydrogen (secondary N) is 1. The summed E-state index contributed by atoms with van der Waals surface area (Å²) in [6.45, 7) is 8.51. The van der Waals surface area contributed by atoms with Crippen molar-refractivity contribution in [3.8, 4) is 0 Å². The molecule has 0 unspecified atom stereocenters. The first-order chi connectivity index (χ1) is 8.03. The van der Waals surface area contributed by atoms with Gasteiger partial charge in [-0.3, -0.25) is 9.80 Å². The number of rotatable bonds is 3. The van der Waals surface area contributed by atoms with E-state index in [2.05, 4.69) is 45.7 Å². The van der Waals surface area contributed by atoms with E-state index in [1.807, 2.05) is 0 Å². The van der Waals surface area contributed by atoms with Crippen molar-refractivity contribution >= 4 is 16.5 Å². The summed E-state index contributed by atoms with van der Waals surface area (Å²) in [7, 11) is 2.18. The first-order valence-corrected chi connectivity index (χ1v) is 6.52. The quantitative estimate of drug-likeness (QED) is 0.601. The van der Waals surface area contributed by atoms with Crippen LogP contribution in [0.2, 0.25) is 0 Å². The van der Waals surface area contributed by atoms with Gasteiger partial charge >= 0.3 is 0 Å². The van der Waals surface area contributed by atoms with Crippen molar-refractivity contribution < 1.29 is 0 Å². The zero-order valence-electron chi connectivity index (χ0n) is 10.6. The summed E-state index contributed by atoms with van der Waals surface area (Å²) in [6, 6.07) is 0. The fourth-order valence-electron chi connectivity index (χ4n) is 2.11. The van der Waals surface area contributed by atoms with Gasteiger partial charge in [0.25, 0.3) is 0 Å². The zero-order valence-corrected chi connectivity index (χ0v) is 11.4. The molecule has 96 valence electrons. The van der Waals surface area contributed by atoms with Crippen LogP contribution in [0.3, 0.4) is 0 Å². The fraction of sp³-hybridized carbons (Fsp3) is 0.800. The molecule has 0 bridgehead atoms. The fourth-order valence-corrected chi connectivity index (χ4v) is 2.59. The Bertz CT molecular complexity index is 377. The molecule has 2 heterocycles. The van der Waals surface area contributed by atoms with Gasteiger partial charge in [0.1, 0.15) is 10.7 Å². The van der Waals surface area contributed by atoms with E-state index in [1.165, 1.54) is 11.5 Å². The summed E-state index contributed by atoms with van der Waals surface area (Å²) in [5, 5.41) is 4.98. The maximum absolute atomic E-state index is 5.43. The van der Waals surface area contributed by atoms with Crippen LogP contribution in [0.5, 0.6) is 0 Å². The van der Waals surface area contributed by atoms with Crippen LogP contribution < -0.4 is 11.3 Å². The number of nitrogen functional groups attached to an aromatic ring is 1. The molecule has 1 aromatic rings. The van der Waals surface area contributed by atoms with Gasteiger partial charge < -0.3 is 5.43 Å². The summed E-state index contributed by atoms with van der Waals surface area (Å²) in [4.78, 5) is 4.79. The molecule has 2 rings (SSSR count). The standard InChI is InChI=1S/C10H20N6S/c1-10(2)7-16(5-4-15(10)3)6-8-9(12-11)17-14-13-8/h12H,4-7,11H2,1-3H3. The number of hydrogen-bond acceptors (Lipinski definition) is 7. The average molecular weight is 256 g/mol. The van der Waals surface area contributed by atoms with Gasteiger partial charge in [0, 0.05) is 43.3 Å². The van der Waals surface area contributed by atoms with Crippen LogP contribution >= 0.6 is 11.5 Å². The Labute approximate surface area is 106 Å². The van der Waals surface area contributed by atoms with Crippen molar-refractivity contribution in [2.75, 3.05) is 32.1 Å². The van der Waals surface area contributed by atoms with Crippen molar-refractivity contribution in [3.63, 3.8) is 0 Å². The lowest BCUT2D eigenvalue weighted by Crippen LogP contribution is -2.57. The van der Waals surface area contributed by atoms with Gasteiger partial charge in [0.2, 0.25) is 0 Å². The highest BCUT2D eigenvalue weighted by Crippen LogP contribution is 2.23. The van der Waals surface area contributed by atoms with Crippen LogP contribution in [-0.4, -0.2) is 51.6 Å². The molecule has 0 aliphatic carbocycles. The van der Waals surface area contributed by atoms with Gasteiger partial charge in [-0.05, 0) is 20.9 Å². The highest BCUT2D eigenvalue weighted by Gasteiger charge is 2.31. The lowest BCUT2D eigenvalue weighted by Gasteiger charge is -2.45. The summed E-state index contributed by atoms with van der Waals surface area (Å²) in [6.07, 6.45) is 0. The Kier molecular flexibility index (Phi) is 3.62. The highest BCUT2D eigenvalue weighted by atomic mass is 32.1. The topological polar surface area (TPSA) is 70.3 Å². The second kappa shape index (κ2) is 4.85. The molecular weight excluding hydrogens is 236 g/mol. The van der Waals surface area contributed by atoms with E-state index in [-0.39, 0.29) is 5.54 Å². The van der Waals surface area contributed by atoms with E-state index >= 15 is 0 Å². The summed E-state index contributed by atoms with van der Waals surface area (Å²) < 4.78 is 3.92. The third kappa shape index (κ3) is 2.74. The Morgan fingerprint density at radius 3 is 2.88 bits per heavy atom. The number of hydrogen-bond donors (Lipinski definition) is 2. The van der Waals surface area contributed by atoms with Gasteiger partial charge in [0.05, 0.1) is 0 Å². The predicted octanol–water partition coefficient (Wildman–Crippen LogP) is 0.350. The molecule has 0 spiro atoms. The van der Waals surface area contributed by atoms with Crippen LogP contribution in [0, 0.1) is 0 Å². The van der Waals surface area contributed by atoms with Gasteiger partial charge in [-0.1, -0.05) is 4.49 Å². The minimum absolute atomic E-state index is 0.206. The van der Waals surface area contributed by atoms with Gasteiger partial charge in [-0.2, -0.15) is 0 Å². The van der Waals surface area contributed by atoms with Crippen molar-refractivity contribution in [2.24, 2.45) is 5.84 Å². The van der Waals surface area contributed by atoms with Crippen molar-refractivity contribution in [3.05, 3.63) is 5.69 Å². The second-order valence-electron chi connectivity index (χ2n) is 5.14. The van der Waals surface area contributed by atoms with Gasteiger partial charge in [-0.15, -0.1) is 5.10 Å². The maximum atomic E-state index is 5.43. The van der Waals surface area contributed by atoms with Gasteiger partial charge in [0.15, 0.2) is 0 Å². The van der Waals surface area contributed by atoms with E-state index in [9.17, 15) is 0 Å². The third-order valence-corrected chi connectivity index (χ3v) is 4.16. The lowest BCUT2D eigenvalue weighted by molar-refractivity contribution is 0.0355. The van der Waals surface area contributed by atoms with E-state index in [4.69, 9.17) is 5.84 Å². The lowest BCUT2D eigenvalue weighted by atomic mass is 10.00. The molecular formula is C10H20N6S. The number of likely N-dealkylation sites (N-methyl/N-ethyl adjacent to an activating group) is 1. The van der Waals surface area contributed by atoms with Crippen LogP contribution in [0.4, 0.5) is 5.00 Å². The molecule has 3 N–H and O–H groups in total. The molecule has 17 heavy (non-hydrogen) atoms. The zero-order chi connectivity index (χ0) is 12.5. The van der Waals surface area contributed by atoms with Crippen LogP contribution in [-0.2, 0) is 6.54 Å². The minimum Gasteiger partial charge on any atom is -0.313 e. The first kappa shape index (κ1) is 12.7. The first-order valence-electron chi connectivity index (χ1n) is 5.74. The van der Waals surface area contributed by atoms with E-state index in [0.29, 0.717) is 0 Å². The smallest absolute Gasteiger partial charge is 0.148 e. The molecule has 1 aliphatic heterocycles. The molecule has 1 aliphatic rings. The van der Waals surface area contributed by atoms with E-state index in [1.54, 1.807) is 0 Å². The Morgan fingerprint density at radius 2 is 2.24 bits per heavy atom. The number of aromatic nitrogens is 2. The van der Waals surface area contributed by atoms with Crippen molar-refractivity contribution in [1.29, 1.82) is 0 Å². The minimum atomic E-state index is 0.206. The summed E-state index contributed by atoms with van der Waals surface area (Å²) >= 11 is 1.30. The normalized spacial score (nSPS) is 21.6. The number of nitrogens with two attached hydrogens (primary N) is 1. The molecule has 1 fully saturated rings. The number of nitrogens with zero attached hydrogens (tertiary/aromatic N) is 4. The van der Waals surface area contributed by atoms with Crippen LogP contribution in [0.1, 0.15) is 19.5 Å². The largest absolute Gasteiger partial charge is 0.313 e. The average Bonchev–Trinajstić information content (AvgIpc) is 2.70. The van der Waals surface area contributed by atoms with E-state index < -0.39 is 0 Å². The Balaban J connectivity index is 2.01. The summed E-state index contributed by atoms with van der Waals surface area (Å²) in [5.74, 6) is 5.43. The summed E-state index contributed by atoms with van der Waals surface area (Å²) in [5.41, 5.74) is 3.80. The Hall–Kier alpha value is -0.760. The number of hydrazine groups is 1. The van der Waals surface area contributed by atoms with Crippen LogP contribution in [0.25, 0.3) is 0 Å². The SMILES string of the molecule is CN1CCN(Cc2nnsc2NN)CC1(C)C. The number of piperazine rings is 1. The maximum Gasteiger partial charge on any atom is 0.148 e. The molecule has 1 aromatic heterocycles. The number of anilines is 1. The molecule has 1 saturated heterocycles. The van der Waals surface area contributed by atoms with Crippen molar-refractivity contribution in [2.45, 2.75) is 25.9 Å². The second-order valence-corrected chi connectivity index (χ2v) is 5.89. The predicted molar refractivity (Wildman–Crippen MR) is 69.7 cm³/mol. The molecule has 7 heteroatoms. The molecule has 6 nitrogen and oxygen atoms in total. The molecule has 0 aromatic carbocycles. The van der Waals surface area contributed by atoms with Gasteiger partial charge in [-0.25, -0.2) is 5.84 Å². The molecule has 0 amide bonds. The molecule has 0 atom stereocenters. The van der Waals surface area contributed by atoms with Crippen molar-refractivity contribution in [1.82, 2.24) is 19.4 Å². The van der Waals surface area contributed by atoms with Crippen LogP contribution in [0.15, 0.2) is 0 Å². The molecule has 0 saturated carbocycles. The Morgan fingerprint density at radius 1 is 1.47 bits per heavy atom. The third-order valence-electron chi connectivity index (χ3n) is 3.46.